The Morgan fingerprint density at radius 2 is 2.15 bits per heavy atom. The lowest BCUT2D eigenvalue weighted by atomic mass is 10.2. The number of ether oxygens (including phenoxy) is 1. The van der Waals surface area contributed by atoms with Crippen LogP contribution in [-0.2, 0) is 0 Å². The summed E-state index contributed by atoms with van der Waals surface area (Å²) in [6.45, 7) is 0. The second-order valence-electron chi connectivity index (χ2n) is 2.28. The van der Waals surface area contributed by atoms with E-state index in [1.54, 1.807) is 0 Å². The first-order valence-electron chi connectivity index (χ1n) is 3.36. The SMILES string of the molecule is COc1ccc(C(=O)O)c(O)c1Br. The number of benzene rings is 1. The number of carboxylic acids is 1. The zero-order valence-corrected chi connectivity index (χ0v) is 8.33. The van der Waals surface area contributed by atoms with E-state index >= 15 is 0 Å². The lowest BCUT2D eigenvalue weighted by Gasteiger charge is -2.06. The third kappa shape index (κ3) is 1.75. The van der Waals surface area contributed by atoms with Gasteiger partial charge in [-0.15, -0.1) is 0 Å². The fourth-order valence-electron chi connectivity index (χ4n) is 0.876. The van der Waals surface area contributed by atoms with Crippen molar-refractivity contribution in [3.05, 3.63) is 22.2 Å². The number of rotatable bonds is 2. The second-order valence-corrected chi connectivity index (χ2v) is 3.08. The zero-order valence-electron chi connectivity index (χ0n) is 6.74. The molecule has 0 aliphatic heterocycles. The summed E-state index contributed by atoms with van der Waals surface area (Å²) in [5.41, 5.74) is -0.160. The second kappa shape index (κ2) is 3.66. The average molecular weight is 247 g/mol. The number of hydrogen-bond acceptors (Lipinski definition) is 3. The van der Waals surface area contributed by atoms with Crippen LogP contribution in [0.2, 0.25) is 0 Å². The first-order valence-corrected chi connectivity index (χ1v) is 4.16. The zero-order chi connectivity index (χ0) is 10.0. The van der Waals surface area contributed by atoms with E-state index in [-0.39, 0.29) is 15.8 Å². The monoisotopic (exact) mass is 246 g/mol. The molecule has 0 heterocycles. The molecule has 0 atom stereocenters. The van der Waals surface area contributed by atoms with Crippen LogP contribution in [0.25, 0.3) is 0 Å². The molecule has 0 saturated carbocycles. The molecule has 0 saturated heterocycles. The van der Waals surface area contributed by atoms with Crippen LogP contribution in [0.1, 0.15) is 10.4 Å². The minimum Gasteiger partial charge on any atom is -0.506 e. The van der Waals surface area contributed by atoms with E-state index in [4.69, 9.17) is 9.84 Å². The van der Waals surface area contributed by atoms with Crippen molar-refractivity contribution >= 4 is 21.9 Å². The smallest absolute Gasteiger partial charge is 0.339 e. The van der Waals surface area contributed by atoms with Crippen LogP contribution >= 0.6 is 15.9 Å². The van der Waals surface area contributed by atoms with Crippen LogP contribution in [0.5, 0.6) is 11.5 Å². The van der Waals surface area contributed by atoms with E-state index in [1.807, 2.05) is 0 Å². The van der Waals surface area contributed by atoms with Crippen molar-refractivity contribution in [2.75, 3.05) is 7.11 Å². The molecule has 0 aliphatic carbocycles. The standard InChI is InChI=1S/C8H7BrO4/c1-13-5-3-2-4(8(11)12)7(10)6(5)9/h2-3,10H,1H3,(H,11,12). The van der Waals surface area contributed by atoms with Gasteiger partial charge in [-0.1, -0.05) is 0 Å². The molecule has 0 radical (unpaired) electrons. The summed E-state index contributed by atoms with van der Waals surface area (Å²) < 4.78 is 5.11. The predicted octanol–water partition coefficient (Wildman–Crippen LogP) is 1.86. The van der Waals surface area contributed by atoms with Crippen molar-refractivity contribution in [1.82, 2.24) is 0 Å². The van der Waals surface area contributed by atoms with E-state index in [0.717, 1.165) is 0 Å². The molecule has 0 fully saturated rings. The highest BCUT2D eigenvalue weighted by molar-refractivity contribution is 9.10. The molecule has 4 nitrogen and oxygen atoms in total. The largest absolute Gasteiger partial charge is 0.506 e. The fourth-order valence-corrected chi connectivity index (χ4v) is 1.38. The Kier molecular flexibility index (Phi) is 2.77. The van der Waals surface area contributed by atoms with Gasteiger partial charge >= 0.3 is 5.97 Å². The van der Waals surface area contributed by atoms with Gasteiger partial charge in [0.2, 0.25) is 0 Å². The highest BCUT2D eigenvalue weighted by atomic mass is 79.9. The Labute approximate surface area is 82.9 Å². The highest BCUT2D eigenvalue weighted by Gasteiger charge is 2.15. The molecule has 1 aromatic carbocycles. The Morgan fingerprint density at radius 3 is 2.62 bits per heavy atom. The Hall–Kier alpha value is -1.23. The Bertz CT molecular complexity index is 348. The maximum Gasteiger partial charge on any atom is 0.339 e. The third-order valence-corrected chi connectivity index (χ3v) is 2.30. The normalized spacial score (nSPS) is 9.69. The third-order valence-electron chi connectivity index (χ3n) is 1.53. The molecular weight excluding hydrogens is 240 g/mol. The number of hydrogen-bond donors (Lipinski definition) is 2. The molecule has 2 N–H and O–H groups in total. The predicted molar refractivity (Wildman–Crippen MR) is 49.3 cm³/mol. The van der Waals surface area contributed by atoms with Gasteiger partial charge in [0, 0.05) is 0 Å². The van der Waals surface area contributed by atoms with Crippen molar-refractivity contribution < 1.29 is 19.7 Å². The van der Waals surface area contributed by atoms with Gasteiger partial charge in [0.05, 0.1) is 7.11 Å². The lowest BCUT2D eigenvalue weighted by molar-refractivity contribution is 0.0693. The van der Waals surface area contributed by atoms with Gasteiger partial charge in [0.1, 0.15) is 21.5 Å². The summed E-state index contributed by atoms with van der Waals surface area (Å²) in [4.78, 5) is 10.6. The summed E-state index contributed by atoms with van der Waals surface area (Å²) in [5.74, 6) is -1.12. The van der Waals surface area contributed by atoms with Gasteiger partial charge in [0.25, 0.3) is 0 Å². The summed E-state index contributed by atoms with van der Waals surface area (Å²) >= 11 is 3.02. The molecule has 0 aliphatic rings. The number of aromatic carboxylic acids is 1. The van der Waals surface area contributed by atoms with Crippen LogP contribution in [0, 0.1) is 0 Å². The summed E-state index contributed by atoms with van der Waals surface area (Å²) in [6.07, 6.45) is 0. The van der Waals surface area contributed by atoms with Crippen molar-refractivity contribution in [3.63, 3.8) is 0 Å². The quantitative estimate of drug-likeness (QED) is 0.836. The molecule has 0 unspecified atom stereocenters. The summed E-state index contributed by atoms with van der Waals surface area (Å²) in [7, 11) is 1.43. The first kappa shape index (κ1) is 9.85. The van der Waals surface area contributed by atoms with Gasteiger partial charge in [-0.3, -0.25) is 0 Å². The molecule has 0 bridgehead atoms. The van der Waals surface area contributed by atoms with Crippen LogP contribution in [0.15, 0.2) is 16.6 Å². The number of phenols is 1. The van der Waals surface area contributed by atoms with Crippen LogP contribution < -0.4 is 4.74 Å². The summed E-state index contributed by atoms with van der Waals surface area (Å²) in [5, 5.41) is 18.0. The van der Waals surface area contributed by atoms with Crippen LogP contribution in [0.4, 0.5) is 0 Å². The number of carboxylic acid groups (broad SMARTS) is 1. The van der Waals surface area contributed by atoms with Crippen molar-refractivity contribution in [2.24, 2.45) is 0 Å². The highest BCUT2D eigenvalue weighted by Crippen LogP contribution is 2.36. The lowest BCUT2D eigenvalue weighted by Crippen LogP contribution is -1.97. The molecule has 5 heteroatoms. The van der Waals surface area contributed by atoms with E-state index in [9.17, 15) is 9.90 Å². The van der Waals surface area contributed by atoms with E-state index in [1.165, 1.54) is 19.2 Å². The average Bonchev–Trinajstić information content (AvgIpc) is 2.09. The maximum atomic E-state index is 10.6. The molecule has 70 valence electrons. The molecule has 1 rings (SSSR count). The van der Waals surface area contributed by atoms with E-state index in [0.29, 0.717) is 5.75 Å². The Balaban J connectivity index is 3.31. The van der Waals surface area contributed by atoms with Gasteiger partial charge in [-0.2, -0.15) is 0 Å². The van der Waals surface area contributed by atoms with Crippen LogP contribution in [0.3, 0.4) is 0 Å². The molecule has 13 heavy (non-hydrogen) atoms. The number of aromatic hydroxyl groups is 1. The van der Waals surface area contributed by atoms with E-state index in [2.05, 4.69) is 15.9 Å². The molecular formula is C8H7BrO4. The van der Waals surface area contributed by atoms with Gasteiger partial charge < -0.3 is 14.9 Å². The maximum absolute atomic E-state index is 10.6. The number of carbonyl (C=O) groups is 1. The van der Waals surface area contributed by atoms with Gasteiger partial charge in [-0.05, 0) is 28.1 Å². The minimum atomic E-state index is -1.18. The van der Waals surface area contributed by atoms with Gasteiger partial charge in [-0.25, -0.2) is 4.79 Å². The first-order chi connectivity index (χ1) is 6.07. The molecule has 1 aromatic rings. The minimum absolute atomic E-state index is 0.160. The van der Waals surface area contributed by atoms with Crippen molar-refractivity contribution in [3.8, 4) is 11.5 Å². The summed E-state index contributed by atoms with van der Waals surface area (Å²) in [6, 6.07) is 2.74. The molecule has 0 aromatic heterocycles. The van der Waals surface area contributed by atoms with E-state index < -0.39 is 5.97 Å². The topological polar surface area (TPSA) is 66.8 Å². The molecule has 0 spiro atoms. The Morgan fingerprint density at radius 1 is 1.54 bits per heavy atom. The van der Waals surface area contributed by atoms with Gasteiger partial charge in [0.15, 0.2) is 0 Å². The van der Waals surface area contributed by atoms with Crippen LogP contribution in [-0.4, -0.2) is 23.3 Å². The number of halogens is 1. The van der Waals surface area contributed by atoms with Crippen molar-refractivity contribution in [2.45, 2.75) is 0 Å². The van der Waals surface area contributed by atoms with Crippen molar-refractivity contribution in [1.29, 1.82) is 0 Å². The molecule has 0 amide bonds. The number of methoxy groups -OCH3 is 1. The fraction of sp³-hybridized carbons (Fsp3) is 0.125.